The van der Waals surface area contributed by atoms with Crippen LogP contribution in [0, 0.1) is 0 Å². The maximum Gasteiger partial charge on any atom is 0.392 e. The lowest BCUT2D eigenvalue weighted by molar-refractivity contribution is -0.139. The Balaban J connectivity index is 2.19. The summed E-state index contributed by atoms with van der Waals surface area (Å²) in [6.45, 7) is -0.481. The predicted molar refractivity (Wildman–Crippen MR) is 72.9 cm³/mol. The molecule has 0 saturated heterocycles. The first kappa shape index (κ1) is 15.0. The molecule has 1 aliphatic rings. The minimum Gasteiger partial charge on any atom is -0.477 e. The van der Waals surface area contributed by atoms with Crippen LogP contribution in [0.5, 0.6) is 5.88 Å². The Morgan fingerprint density at radius 1 is 1.35 bits per heavy atom. The van der Waals surface area contributed by atoms with Crippen molar-refractivity contribution in [1.29, 1.82) is 0 Å². The molecule has 110 valence electrons. The number of pyridine rings is 1. The van der Waals surface area contributed by atoms with Crippen LogP contribution in [0.2, 0.25) is 0 Å². The van der Waals surface area contributed by atoms with E-state index in [0.29, 0.717) is 5.56 Å². The summed E-state index contributed by atoms with van der Waals surface area (Å²) in [5, 5.41) is 0. The number of ether oxygens (including phenoxy) is 1. The van der Waals surface area contributed by atoms with E-state index in [0.717, 1.165) is 36.9 Å². The standard InChI is InChI=1S/C13H15F3N2OS/c14-13(15,16)5-6-19-12-9(11(17)20)7-8-3-1-2-4-10(8)18-12/h7H,1-6H2,(H2,17,20). The fourth-order valence-corrected chi connectivity index (χ4v) is 2.31. The molecule has 2 rings (SSSR count). The minimum atomic E-state index is -4.25. The quantitative estimate of drug-likeness (QED) is 0.869. The van der Waals surface area contributed by atoms with Crippen LogP contribution >= 0.6 is 12.2 Å². The van der Waals surface area contributed by atoms with E-state index in [-0.39, 0.29) is 10.9 Å². The summed E-state index contributed by atoms with van der Waals surface area (Å²) in [5.41, 5.74) is 7.94. The average Bonchev–Trinajstić information content (AvgIpc) is 2.36. The number of halogens is 3. The van der Waals surface area contributed by atoms with Crippen LogP contribution in [0.3, 0.4) is 0 Å². The molecule has 1 aromatic heterocycles. The minimum absolute atomic E-state index is 0.0906. The topological polar surface area (TPSA) is 48.1 Å². The predicted octanol–water partition coefficient (Wildman–Crippen LogP) is 2.93. The molecule has 1 aromatic rings. The van der Waals surface area contributed by atoms with Gasteiger partial charge in [0.05, 0.1) is 18.6 Å². The van der Waals surface area contributed by atoms with Gasteiger partial charge in [0.25, 0.3) is 0 Å². The van der Waals surface area contributed by atoms with Crippen LogP contribution in [0.15, 0.2) is 6.07 Å². The van der Waals surface area contributed by atoms with Gasteiger partial charge in [-0.1, -0.05) is 12.2 Å². The first-order chi connectivity index (χ1) is 9.37. The molecule has 0 aliphatic heterocycles. The molecular weight excluding hydrogens is 289 g/mol. The Kier molecular flexibility index (Phi) is 4.47. The molecule has 0 saturated carbocycles. The zero-order valence-corrected chi connectivity index (χ0v) is 11.6. The number of fused-ring (bicyclic) bond motifs is 1. The second-order valence-electron chi connectivity index (χ2n) is 4.73. The van der Waals surface area contributed by atoms with E-state index >= 15 is 0 Å². The summed E-state index contributed by atoms with van der Waals surface area (Å²) in [5.74, 6) is 0.113. The molecule has 0 radical (unpaired) electrons. The molecule has 1 heterocycles. The molecule has 0 atom stereocenters. The van der Waals surface area contributed by atoms with Crippen molar-refractivity contribution in [3.05, 3.63) is 22.9 Å². The number of thiocarbonyl (C=S) groups is 1. The summed E-state index contributed by atoms with van der Waals surface area (Å²) in [7, 11) is 0. The highest BCUT2D eigenvalue weighted by atomic mass is 32.1. The fourth-order valence-electron chi connectivity index (χ4n) is 2.16. The van der Waals surface area contributed by atoms with Crippen LogP contribution < -0.4 is 10.5 Å². The number of hydrogen-bond acceptors (Lipinski definition) is 3. The van der Waals surface area contributed by atoms with Crippen LogP contribution in [-0.2, 0) is 12.8 Å². The molecule has 0 spiro atoms. The lowest BCUT2D eigenvalue weighted by Crippen LogP contribution is -2.19. The number of nitrogens with two attached hydrogens (primary N) is 1. The number of nitrogens with zero attached hydrogens (tertiary/aromatic N) is 1. The highest BCUT2D eigenvalue weighted by molar-refractivity contribution is 7.80. The van der Waals surface area contributed by atoms with Gasteiger partial charge in [0.1, 0.15) is 4.99 Å². The molecule has 0 fully saturated rings. The summed E-state index contributed by atoms with van der Waals surface area (Å²) >= 11 is 4.91. The number of hydrogen-bond donors (Lipinski definition) is 1. The van der Waals surface area contributed by atoms with Gasteiger partial charge in [-0.25, -0.2) is 4.98 Å². The van der Waals surface area contributed by atoms with Crippen molar-refractivity contribution >= 4 is 17.2 Å². The summed E-state index contributed by atoms with van der Waals surface area (Å²) < 4.78 is 41.6. The lowest BCUT2D eigenvalue weighted by Gasteiger charge is -2.18. The third kappa shape index (κ3) is 3.82. The van der Waals surface area contributed by atoms with Gasteiger partial charge in [-0.3, -0.25) is 0 Å². The van der Waals surface area contributed by atoms with Crippen molar-refractivity contribution in [1.82, 2.24) is 4.98 Å². The van der Waals surface area contributed by atoms with E-state index in [4.69, 9.17) is 22.7 Å². The molecule has 7 heteroatoms. The van der Waals surface area contributed by atoms with Gasteiger partial charge >= 0.3 is 6.18 Å². The summed E-state index contributed by atoms with van der Waals surface area (Å²) in [4.78, 5) is 4.39. The molecule has 2 N–H and O–H groups in total. The van der Waals surface area contributed by atoms with Crippen LogP contribution in [0.4, 0.5) is 13.2 Å². The van der Waals surface area contributed by atoms with Crippen molar-refractivity contribution in [2.75, 3.05) is 6.61 Å². The smallest absolute Gasteiger partial charge is 0.392 e. The maximum atomic E-state index is 12.1. The zero-order valence-electron chi connectivity index (χ0n) is 10.8. The molecule has 0 amide bonds. The van der Waals surface area contributed by atoms with Gasteiger partial charge < -0.3 is 10.5 Å². The van der Waals surface area contributed by atoms with Crippen LogP contribution in [-0.4, -0.2) is 22.8 Å². The SMILES string of the molecule is NC(=S)c1cc2c(nc1OCCC(F)(F)F)CCCC2. The molecule has 3 nitrogen and oxygen atoms in total. The van der Waals surface area contributed by atoms with Gasteiger partial charge in [0.2, 0.25) is 5.88 Å². The Labute approximate surface area is 120 Å². The molecular formula is C13H15F3N2OS. The van der Waals surface area contributed by atoms with Crippen molar-refractivity contribution in [3.8, 4) is 5.88 Å². The number of alkyl halides is 3. The third-order valence-electron chi connectivity index (χ3n) is 3.16. The van der Waals surface area contributed by atoms with E-state index in [1.54, 1.807) is 6.07 Å². The second kappa shape index (κ2) is 5.95. The van der Waals surface area contributed by atoms with E-state index in [1.165, 1.54) is 0 Å². The Bertz CT molecular complexity index is 517. The van der Waals surface area contributed by atoms with E-state index < -0.39 is 19.2 Å². The van der Waals surface area contributed by atoms with E-state index in [2.05, 4.69) is 4.98 Å². The van der Waals surface area contributed by atoms with Crippen molar-refractivity contribution in [2.24, 2.45) is 5.73 Å². The third-order valence-corrected chi connectivity index (χ3v) is 3.38. The zero-order chi connectivity index (χ0) is 14.8. The number of aryl methyl sites for hydroxylation is 2. The Morgan fingerprint density at radius 2 is 2.05 bits per heavy atom. The largest absolute Gasteiger partial charge is 0.477 e. The molecule has 0 aromatic carbocycles. The van der Waals surface area contributed by atoms with Gasteiger partial charge in [0, 0.05) is 5.69 Å². The lowest BCUT2D eigenvalue weighted by atomic mass is 9.95. The van der Waals surface area contributed by atoms with Crippen LogP contribution in [0.25, 0.3) is 0 Å². The van der Waals surface area contributed by atoms with Gasteiger partial charge in [0.15, 0.2) is 0 Å². The van der Waals surface area contributed by atoms with Crippen molar-refractivity contribution in [2.45, 2.75) is 38.3 Å². The van der Waals surface area contributed by atoms with Gasteiger partial charge in [-0.2, -0.15) is 13.2 Å². The number of aromatic nitrogens is 1. The Hall–Kier alpha value is -1.37. The highest BCUT2D eigenvalue weighted by Gasteiger charge is 2.27. The van der Waals surface area contributed by atoms with Crippen molar-refractivity contribution in [3.63, 3.8) is 0 Å². The van der Waals surface area contributed by atoms with Gasteiger partial charge in [-0.15, -0.1) is 0 Å². The first-order valence-corrected chi connectivity index (χ1v) is 6.80. The van der Waals surface area contributed by atoms with Gasteiger partial charge in [-0.05, 0) is 37.3 Å². The normalized spacial score (nSPS) is 14.8. The second-order valence-corrected chi connectivity index (χ2v) is 5.17. The number of rotatable bonds is 4. The molecule has 0 unspecified atom stereocenters. The first-order valence-electron chi connectivity index (χ1n) is 6.39. The Morgan fingerprint density at radius 3 is 2.70 bits per heavy atom. The summed E-state index contributed by atoms with van der Waals surface area (Å²) in [6, 6.07) is 1.80. The van der Waals surface area contributed by atoms with E-state index in [1.807, 2.05) is 0 Å². The fraction of sp³-hybridized carbons (Fsp3) is 0.538. The van der Waals surface area contributed by atoms with Crippen molar-refractivity contribution < 1.29 is 17.9 Å². The molecule has 1 aliphatic carbocycles. The van der Waals surface area contributed by atoms with E-state index in [9.17, 15) is 13.2 Å². The maximum absolute atomic E-state index is 12.1. The monoisotopic (exact) mass is 304 g/mol. The molecule has 20 heavy (non-hydrogen) atoms. The average molecular weight is 304 g/mol. The van der Waals surface area contributed by atoms with Crippen LogP contribution in [0.1, 0.15) is 36.1 Å². The highest BCUT2D eigenvalue weighted by Crippen LogP contribution is 2.27. The molecule has 0 bridgehead atoms. The summed E-state index contributed by atoms with van der Waals surface area (Å²) in [6.07, 6.45) is -1.49.